The first kappa shape index (κ1) is 21.4. The zero-order valence-corrected chi connectivity index (χ0v) is 19.2. The number of piperazine rings is 1. The van der Waals surface area contributed by atoms with Crippen molar-refractivity contribution in [3.8, 4) is 0 Å². The predicted molar refractivity (Wildman–Crippen MR) is 131 cm³/mol. The number of imidazole rings is 1. The number of hydrogen-bond acceptors (Lipinski definition) is 3. The Labute approximate surface area is 189 Å². The van der Waals surface area contributed by atoms with Gasteiger partial charge in [-0.2, -0.15) is 0 Å². The van der Waals surface area contributed by atoms with E-state index in [0.717, 1.165) is 63.0 Å². The Morgan fingerprint density at radius 3 is 2.52 bits per heavy atom. The lowest BCUT2D eigenvalue weighted by Gasteiger charge is -2.37. The van der Waals surface area contributed by atoms with Gasteiger partial charge in [-0.3, -0.25) is 4.99 Å². The summed E-state index contributed by atoms with van der Waals surface area (Å²) in [5.74, 6) is 1.01. The highest BCUT2D eigenvalue weighted by Gasteiger charge is 2.19. The standard InChI is InChI=1S/C22H28N6.HI/c1-2-23-22(24-12-11-19-18-28-13-7-6-10-21(28)25-19)27-16-14-26(15-17-27)20-8-4-3-5-9-20;/h3-10,13,18H,2,11-12,14-17H2,1H3,(H,23,24);1H. The van der Waals surface area contributed by atoms with E-state index in [2.05, 4.69) is 68.0 Å². The first-order valence-corrected chi connectivity index (χ1v) is 10.1. The summed E-state index contributed by atoms with van der Waals surface area (Å²) in [6.45, 7) is 7.74. The monoisotopic (exact) mass is 504 g/mol. The van der Waals surface area contributed by atoms with E-state index in [1.54, 1.807) is 0 Å². The maximum Gasteiger partial charge on any atom is 0.194 e. The topological polar surface area (TPSA) is 48.2 Å². The third kappa shape index (κ3) is 5.41. The van der Waals surface area contributed by atoms with Crippen molar-refractivity contribution in [2.45, 2.75) is 13.3 Å². The summed E-state index contributed by atoms with van der Waals surface area (Å²) in [4.78, 5) is 14.3. The number of nitrogens with one attached hydrogen (secondary N) is 1. The third-order valence-electron chi connectivity index (χ3n) is 5.08. The zero-order chi connectivity index (χ0) is 19.2. The van der Waals surface area contributed by atoms with Crippen LogP contribution in [0.3, 0.4) is 0 Å². The Hall–Kier alpha value is -2.29. The molecule has 7 heteroatoms. The number of anilines is 1. The van der Waals surface area contributed by atoms with Crippen molar-refractivity contribution in [3.63, 3.8) is 0 Å². The fourth-order valence-electron chi connectivity index (χ4n) is 3.63. The van der Waals surface area contributed by atoms with Crippen molar-refractivity contribution in [3.05, 3.63) is 66.6 Å². The van der Waals surface area contributed by atoms with Gasteiger partial charge in [-0.25, -0.2) is 4.98 Å². The van der Waals surface area contributed by atoms with Gasteiger partial charge in [-0.1, -0.05) is 24.3 Å². The normalized spacial score (nSPS) is 14.7. The summed E-state index contributed by atoms with van der Waals surface area (Å²) in [6.07, 6.45) is 4.97. The van der Waals surface area contributed by atoms with Gasteiger partial charge in [-0.15, -0.1) is 24.0 Å². The second-order valence-corrected chi connectivity index (χ2v) is 6.99. The van der Waals surface area contributed by atoms with Gasteiger partial charge in [-0.05, 0) is 31.2 Å². The second-order valence-electron chi connectivity index (χ2n) is 6.99. The Bertz CT molecular complexity index is 882. The highest BCUT2D eigenvalue weighted by molar-refractivity contribution is 14.0. The van der Waals surface area contributed by atoms with E-state index < -0.39 is 0 Å². The molecule has 0 bridgehead atoms. The number of nitrogens with zero attached hydrogens (tertiary/aromatic N) is 5. The zero-order valence-electron chi connectivity index (χ0n) is 16.9. The highest BCUT2D eigenvalue weighted by atomic mass is 127. The quantitative estimate of drug-likeness (QED) is 0.329. The number of aliphatic imine (C=N–C) groups is 1. The smallest absolute Gasteiger partial charge is 0.194 e. The van der Waals surface area contributed by atoms with Gasteiger partial charge in [0.1, 0.15) is 5.65 Å². The molecule has 0 radical (unpaired) electrons. The van der Waals surface area contributed by atoms with Crippen molar-refractivity contribution in [1.29, 1.82) is 0 Å². The molecule has 1 aromatic carbocycles. The average Bonchev–Trinajstić information content (AvgIpc) is 3.17. The molecule has 1 aliphatic rings. The number of pyridine rings is 1. The molecular weight excluding hydrogens is 475 g/mol. The van der Waals surface area contributed by atoms with E-state index in [9.17, 15) is 0 Å². The summed E-state index contributed by atoms with van der Waals surface area (Å²) in [5, 5.41) is 3.45. The minimum atomic E-state index is 0. The van der Waals surface area contributed by atoms with Gasteiger partial charge in [0.2, 0.25) is 0 Å². The van der Waals surface area contributed by atoms with E-state index in [0.29, 0.717) is 0 Å². The molecule has 0 amide bonds. The van der Waals surface area contributed by atoms with Crippen LogP contribution in [-0.4, -0.2) is 59.5 Å². The number of aromatic nitrogens is 2. The van der Waals surface area contributed by atoms with Gasteiger partial charge in [0, 0.05) is 63.8 Å². The summed E-state index contributed by atoms with van der Waals surface area (Å²) < 4.78 is 2.06. The van der Waals surface area contributed by atoms with E-state index in [1.807, 2.05) is 24.4 Å². The highest BCUT2D eigenvalue weighted by Crippen LogP contribution is 2.15. The molecular formula is C22H29IN6. The molecule has 4 rings (SSSR count). The Balaban J connectivity index is 0.00000240. The Morgan fingerprint density at radius 1 is 1.03 bits per heavy atom. The maximum atomic E-state index is 4.86. The molecule has 154 valence electrons. The van der Waals surface area contributed by atoms with Crippen LogP contribution >= 0.6 is 24.0 Å². The minimum absolute atomic E-state index is 0. The summed E-state index contributed by atoms with van der Waals surface area (Å²) in [6, 6.07) is 16.7. The van der Waals surface area contributed by atoms with Gasteiger partial charge in [0.25, 0.3) is 0 Å². The van der Waals surface area contributed by atoms with Crippen LogP contribution in [0.15, 0.2) is 65.9 Å². The van der Waals surface area contributed by atoms with Crippen LogP contribution in [0.25, 0.3) is 5.65 Å². The summed E-state index contributed by atoms with van der Waals surface area (Å²) >= 11 is 0. The number of halogens is 1. The van der Waals surface area contributed by atoms with Crippen molar-refractivity contribution in [2.24, 2.45) is 4.99 Å². The number of para-hydroxylation sites is 1. The van der Waals surface area contributed by atoms with Crippen molar-refractivity contribution >= 4 is 41.3 Å². The molecule has 3 heterocycles. The summed E-state index contributed by atoms with van der Waals surface area (Å²) in [5.41, 5.74) is 3.38. The molecule has 1 fully saturated rings. The van der Waals surface area contributed by atoms with Crippen LogP contribution in [0.4, 0.5) is 5.69 Å². The lowest BCUT2D eigenvalue weighted by atomic mass is 10.2. The third-order valence-corrected chi connectivity index (χ3v) is 5.08. The van der Waals surface area contributed by atoms with Gasteiger partial charge in [0.15, 0.2) is 5.96 Å². The summed E-state index contributed by atoms with van der Waals surface area (Å²) in [7, 11) is 0. The van der Waals surface area contributed by atoms with Crippen molar-refractivity contribution in [1.82, 2.24) is 19.6 Å². The van der Waals surface area contributed by atoms with E-state index in [1.165, 1.54) is 5.69 Å². The number of hydrogen-bond donors (Lipinski definition) is 1. The molecule has 0 unspecified atom stereocenters. The molecule has 0 spiro atoms. The number of guanidine groups is 1. The molecule has 0 saturated carbocycles. The molecule has 0 aliphatic carbocycles. The molecule has 1 N–H and O–H groups in total. The maximum absolute atomic E-state index is 4.86. The molecule has 1 saturated heterocycles. The Morgan fingerprint density at radius 2 is 1.79 bits per heavy atom. The number of rotatable bonds is 5. The van der Waals surface area contributed by atoms with Gasteiger partial charge in [0.05, 0.1) is 5.69 Å². The fraction of sp³-hybridized carbons (Fsp3) is 0.364. The molecule has 3 aromatic rings. The predicted octanol–water partition coefficient (Wildman–Crippen LogP) is 3.28. The van der Waals surface area contributed by atoms with Crippen LogP contribution in [0, 0.1) is 0 Å². The van der Waals surface area contributed by atoms with E-state index in [4.69, 9.17) is 4.99 Å². The lowest BCUT2D eigenvalue weighted by molar-refractivity contribution is 0.372. The molecule has 6 nitrogen and oxygen atoms in total. The van der Waals surface area contributed by atoms with Crippen LogP contribution in [0.2, 0.25) is 0 Å². The van der Waals surface area contributed by atoms with Gasteiger partial charge < -0.3 is 19.5 Å². The minimum Gasteiger partial charge on any atom is -0.368 e. The van der Waals surface area contributed by atoms with Crippen LogP contribution in [-0.2, 0) is 6.42 Å². The fourth-order valence-corrected chi connectivity index (χ4v) is 3.63. The van der Waals surface area contributed by atoms with Crippen LogP contribution in [0.1, 0.15) is 12.6 Å². The van der Waals surface area contributed by atoms with Crippen LogP contribution < -0.4 is 10.2 Å². The van der Waals surface area contributed by atoms with Crippen molar-refractivity contribution in [2.75, 3.05) is 44.2 Å². The first-order chi connectivity index (χ1) is 13.8. The van der Waals surface area contributed by atoms with E-state index >= 15 is 0 Å². The van der Waals surface area contributed by atoms with E-state index in [-0.39, 0.29) is 24.0 Å². The second kappa shape index (κ2) is 10.5. The molecule has 2 aromatic heterocycles. The van der Waals surface area contributed by atoms with Gasteiger partial charge >= 0.3 is 0 Å². The number of benzene rings is 1. The van der Waals surface area contributed by atoms with Crippen molar-refractivity contribution < 1.29 is 0 Å². The first-order valence-electron chi connectivity index (χ1n) is 10.1. The molecule has 0 atom stereocenters. The molecule has 1 aliphatic heterocycles. The van der Waals surface area contributed by atoms with Crippen LogP contribution in [0.5, 0.6) is 0 Å². The average molecular weight is 504 g/mol. The molecule has 29 heavy (non-hydrogen) atoms. The number of fused-ring (bicyclic) bond motifs is 1. The lowest BCUT2D eigenvalue weighted by Crippen LogP contribution is -2.52. The largest absolute Gasteiger partial charge is 0.368 e. The Kier molecular flexibility index (Phi) is 7.74. The SMILES string of the molecule is CCNC(=NCCc1cn2ccccc2n1)N1CCN(c2ccccc2)CC1.I.